The standard InChI is InChI=1S/C11H16FIN2O2S/c1-14-6-2-3-7-18(16,17)15-11-5-4-9(12)8-10(11)13/h4-5,8,14-15H,2-3,6-7H2,1H3. The Morgan fingerprint density at radius 1 is 1.33 bits per heavy atom. The molecule has 0 atom stereocenters. The molecule has 0 aliphatic heterocycles. The maximum Gasteiger partial charge on any atom is 0.232 e. The van der Waals surface area contributed by atoms with Gasteiger partial charge in [0.05, 0.1) is 11.4 Å². The van der Waals surface area contributed by atoms with Gasteiger partial charge >= 0.3 is 0 Å². The summed E-state index contributed by atoms with van der Waals surface area (Å²) in [5, 5.41) is 2.96. The lowest BCUT2D eigenvalue weighted by Crippen LogP contribution is -2.18. The van der Waals surface area contributed by atoms with Crippen molar-refractivity contribution in [3.63, 3.8) is 0 Å². The van der Waals surface area contributed by atoms with Crippen LogP contribution in [-0.2, 0) is 10.0 Å². The number of hydrogen-bond donors (Lipinski definition) is 2. The van der Waals surface area contributed by atoms with Gasteiger partial charge in [0, 0.05) is 3.57 Å². The zero-order chi connectivity index (χ0) is 13.6. The van der Waals surface area contributed by atoms with Gasteiger partial charge in [-0.1, -0.05) is 0 Å². The molecule has 0 amide bonds. The van der Waals surface area contributed by atoms with Crippen LogP contribution in [0.25, 0.3) is 0 Å². The molecule has 0 radical (unpaired) electrons. The van der Waals surface area contributed by atoms with Gasteiger partial charge in [0.1, 0.15) is 5.82 Å². The van der Waals surface area contributed by atoms with Gasteiger partial charge in [-0.25, -0.2) is 12.8 Å². The number of anilines is 1. The van der Waals surface area contributed by atoms with Crippen molar-refractivity contribution in [2.45, 2.75) is 12.8 Å². The van der Waals surface area contributed by atoms with E-state index in [9.17, 15) is 12.8 Å². The van der Waals surface area contributed by atoms with Crippen molar-refractivity contribution in [2.24, 2.45) is 0 Å². The summed E-state index contributed by atoms with van der Waals surface area (Å²) >= 11 is 1.90. The molecule has 0 aromatic heterocycles. The summed E-state index contributed by atoms with van der Waals surface area (Å²) in [5.74, 6) is -0.307. The maximum absolute atomic E-state index is 12.9. The van der Waals surface area contributed by atoms with E-state index in [2.05, 4.69) is 10.0 Å². The molecule has 102 valence electrons. The first-order valence-electron chi connectivity index (χ1n) is 5.55. The second-order valence-electron chi connectivity index (χ2n) is 3.86. The SMILES string of the molecule is CNCCCCS(=O)(=O)Nc1ccc(F)cc1I. The summed E-state index contributed by atoms with van der Waals surface area (Å²) in [4.78, 5) is 0. The molecule has 1 aromatic carbocycles. The third-order valence-corrected chi connectivity index (χ3v) is 4.54. The number of rotatable bonds is 7. The molecule has 0 spiro atoms. The summed E-state index contributed by atoms with van der Waals surface area (Å²) in [5.41, 5.74) is 0.422. The Kier molecular flexibility index (Phi) is 6.30. The van der Waals surface area contributed by atoms with Gasteiger partial charge in [-0.05, 0) is 67.2 Å². The lowest BCUT2D eigenvalue weighted by atomic mass is 10.3. The highest BCUT2D eigenvalue weighted by molar-refractivity contribution is 14.1. The second kappa shape index (κ2) is 7.25. The van der Waals surface area contributed by atoms with Crippen LogP contribution in [0.2, 0.25) is 0 Å². The van der Waals surface area contributed by atoms with Crippen molar-refractivity contribution in [3.8, 4) is 0 Å². The highest BCUT2D eigenvalue weighted by Crippen LogP contribution is 2.20. The van der Waals surface area contributed by atoms with Gasteiger partial charge in [0.25, 0.3) is 0 Å². The minimum absolute atomic E-state index is 0.0716. The van der Waals surface area contributed by atoms with Crippen LogP contribution in [0, 0.1) is 9.39 Å². The topological polar surface area (TPSA) is 58.2 Å². The molecule has 4 nitrogen and oxygen atoms in total. The Hall–Kier alpha value is -0.410. The van der Waals surface area contributed by atoms with E-state index in [-0.39, 0.29) is 11.6 Å². The fourth-order valence-corrected chi connectivity index (χ4v) is 3.38. The van der Waals surface area contributed by atoms with E-state index in [0.29, 0.717) is 15.7 Å². The maximum atomic E-state index is 12.9. The lowest BCUT2D eigenvalue weighted by Gasteiger charge is -2.09. The van der Waals surface area contributed by atoms with Crippen LogP contribution in [0.1, 0.15) is 12.8 Å². The minimum Gasteiger partial charge on any atom is -0.320 e. The zero-order valence-corrected chi connectivity index (χ0v) is 13.0. The molecule has 18 heavy (non-hydrogen) atoms. The third kappa shape index (κ3) is 5.49. The van der Waals surface area contributed by atoms with Crippen LogP contribution >= 0.6 is 22.6 Å². The molecule has 2 N–H and O–H groups in total. The number of unbranched alkanes of at least 4 members (excludes halogenated alkanes) is 1. The number of hydrogen-bond acceptors (Lipinski definition) is 3. The fourth-order valence-electron chi connectivity index (χ4n) is 1.38. The Labute approximate surface area is 121 Å². The molecule has 0 fully saturated rings. The van der Waals surface area contributed by atoms with Crippen molar-refractivity contribution >= 4 is 38.3 Å². The van der Waals surface area contributed by atoms with E-state index in [1.165, 1.54) is 18.2 Å². The van der Waals surface area contributed by atoms with Gasteiger partial charge in [0.2, 0.25) is 10.0 Å². The zero-order valence-electron chi connectivity index (χ0n) is 10.0. The molecule has 0 bridgehead atoms. The number of nitrogens with one attached hydrogen (secondary N) is 2. The van der Waals surface area contributed by atoms with Crippen LogP contribution in [0.15, 0.2) is 18.2 Å². The van der Waals surface area contributed by atoms with E-state index < -0.39 is 10.0 Å². The lowest BCUT2D eigenvalue weighted by molar-refractivity contribution is 0.595. The normalized spacial score (nSPS) is 11.5. The fraction of sp³-hybridized carbons (Fsp3) is 0.455. The first-order valence-corrected chi connectivity index (χ1v) is 8.28. The largest absolute Gasteiger partial charge is 0.320 e. The predicted octanol–water partition coefficient (Wildman–Crippen LogP) is 2.17. The first-order chi connectivity index (χ1) is 8.44. The Morgan fingerprint density at radius 3 is 2.67 bits per heavy atom. The van der Waals surface area contributed by atoms with Crippen molar-refractivity contribution in [2.75, 3.05) is 24.1 Å². The van der Waals surface area contributed by atoms with Gasteiger partial charge in [0.15, 0.2) is 0 Å². The van der Waals surface area contributed by atoms with E-state index in [1.807, 2.05) is 29.6 Å². The molecule has 0 unspecified atom stereocenters. The summed E-state index contributed by atoms with van der Waals surface area (Å²) in [6.07, 6.45) is 1.39. The van der Waals surface area contributed by atoms with Crippen molar-refractivity contribution < 1.29 is 12.8 Å². The number of benzene rings is 1. The van der Waals surface area contributed by atoms with Crippen molar-refractivity contribution in [3.05, 3.63) is 27.6 Å². The Bertz CT molecular complexity index is 494. The average molecular weight is 386 g/mol. The molecule has 0 aliphatic rings. The Morgan fingerprint density at radius 2 is 2.06 bits per heavy atom. The molecule has 1 rings (SSSR count). The van der Waals surface area contributed by atoms with Crippen LogP contribution in [0.3, 0.4) is 0 Å². The number of sulfonamides is 1. The molecule has 1 aromatic rings. The summed E-state index contributed by atoms with van der Waals surface area (Å²) in [6.45, 7) is 0.795. The highest BCUT2D eigenvalue weighted by Gasteiger charge is 2.12. The van der Waals surface area contributed by atoms with E-state index in [0.717, 1.165) is 13.0 Å². The summed E-state index contributed by atoms with van der Waals surface area (Å²) in [7, 11) is -1.53. The second-order valence-corrected chi connectivity index (χ2v) is 6.86. The smallest absolute Gasteiger partial charge is 0.232 e. The summed E-state index contributed by atoms with van der Waals surface area (Å²) in [6, 6.07) is 3.96. The third-order valence-electron chi connectivity index (χ3n) is 2.29. The monoisotopic (exact) mass is 386 g/mol. The summed E-state index contributed by atoms with van der Waals surface area (Å²) < 4.78 is 39.4. The molecular weight excluding hydrogens is 370 g/mol. The molecule has 0 saturated heterocycles. The van der Waals surface area contributed by atoms with Gasteiger partial charge < -0.3 is 5.32 Å². The molecule has 0 aliphatic carbocycles. The molecular formula is C11H16FIN2O2S. The van der Waals surface area contributed by atoms with Crippen molar-refractivity contribution in [1.29, 1.82) is 0 Å². The quantitative estimate of drug-likeness (QED) is 0.558. The minimum atomic E-state index is -3.36. The van der Waals surface area contributed by atoms with Crippen LogP contribution in [0.5, 0.6) is 0 Å². The average Bonchev–Trinajstić information content (AvgIpc) is 2.28. The van der Waals surface area contributed by atoms with Crippen molar-refractivity contribution in [1.82, 2.24) is 5.32 Å². The van der Waals surface area contributed by atoms with E-state index >= 15 is 0 Å². The molecule has 0 heterocycles. The predicted molar refractivity (Wildman–Crippen MR) is 79.7 cm³/mol. The van der Waals surface area contributed by atoms with Crippen LogP contribution < -0.4 is 10.0 Å². The van der Waals surface area contributed by atoms with Crippen LogP contribution in [-0.4, -0.2) is 27.8 Å². The van der Waals surface area contributed by atoms with E-state index in [4.69, 9.17) is 0 Å². The van der Waals surface area contributed by atoms with E-state index in [1.54, 1.807) is 0 Å². The number of halogens is 2. The highest BCUT2D eigenvalue weighted by atomic mass is 127. The van der Waals surface area contributed by atoms with Gasteiger partial charge in [-0.15, -0.1) is 0 Å². The van der Waals surface area contributed by atoms with Gasteiger partial charge in [-0.3, -0.25) is 4.72 Å². The molecule has 7 heteroatoms. The first kappa shape index (κ1) is 15.6. The molecule has 0 saturated carbocycles. The van der Waals surface area contributed by atoms with Crippen LogP contribution in [0.4, 0.5) is 10.1 Å². The van der Waals surface area contributed by atoms with Gasteiger partial charge in [-0.2, -0.15) is 0 Å². The Balaban J connectivity index is 2.59.